The number of hydrogen-bond acceptors (Lipinski definition) is 5. The second kappa shape index (κ2) is 9.95. The summed E-state index contributed by atoms with van der Waals surface area (Å²) in [6, 6.07) is 19.5. The SMILES string of the molecule is Cc1ccc(C(=C2CCN(CCc3c(C)nc4c(C(N)=O)ncn4c3O)CC2)c2ccccc2)cc1. The maximum absolute atomic E-state index is 11.6. The average molecular weight is 482 g/mol. The van der Waals surface area contributed by atoms with Crippen LogP contribution in [0.15, 0.2) is 66.5 Å². The molecular formula is C29H31N5O2. The van der Waals surface area contributed by atoms with Crippen molar-refractivity contribution >= 4 is 17.1 Å². The smallest absolute Gasteiger partial charge is 0.271 e. The number of fused-ring (bicyclic) bond motifs is 1. The lowest BCUT2D eigenvalue weighted by Crippen LogP contribution is -2.33. The predicted molar refractivity (Wildman–Crippen MR) is 141 cm³/mol. The molecule has 7 heteroatoms. The first-order valence-electron chi connectivity index (χ1n) is 12.3. The van der Waals surface area contributed by atoms with Gasteiger partial charge in [0.15, 0.2) is 11.3 Å². The van der Waals surface area contributed by atoms with Gasteiger partial charge in [0.2, 0.25) is 5.88 Å². The number of carbonyl (C=O) groups excluding carboxylic acids is 1. The number of carbonyl (C=O) groups is 1. The molecule has 0 bridgehead atoms. The fraction of sp³-hybridized carbons (Fsp3) is 0.276. The van der Waals surface area contributed by atoms with Crippen LogP contribution in [0.1, 0.15) is 51.3 Å². The van der Waals surface area contributed by atoms with Gasteiger partial charge in [0, 0.05) is 30.9 Å². The monoisotopic (exact) mass is 481 g/mol. The molecule has 0 radical (unpaired) electrons. The Morgan fingerprint density at radius 3 is 2.33 bits per heavy atom. The van der Waals surface area contributed by atoms with Crippen LogP contribution in [0, 0.1) is 13.8 Å². The molecule has 1 fully saturated rings. The van der Waals surface area contributed by atoms with Gasteiger partial charge in [-0.15, -0.1) is 0 Å². The summed E-state index contributed by atoms with van der Waals surface area (Å²) in [6.45, 7) is 6.71. The number of nitrogens with zero attached hydrogens (tertiary/aromatic N) is 4. The molecule has 0 saturated carbocycles. The molecule has 0 aliphatic carbocycles. The van der Waals surface area contributed by atoms with Gasteiger partial charge in [-0.1, -0.05) is 65.7 Å². The molecule has 3 N–H and O–H groups in total. The quantitative estimate of drug-likeness (QED) is 0.428. The Balaban J connectivity index is 1.33. The number of amides is 1. The highest BCUT2D eigenvalue weighted by Crippen LogP contribution is 2.33. The van der Waals surface area contributed by atoms with Gasteiger partial charge in [-0.3, -0.25) is 9.20 Å². The lowest BCUT2D eigenvalue weighted by atomic mass is 9.88. The Morgan fingerprint density at radius 2 is 1.67 bits per heavy atom. The van der Waals surface area contributed by atoms with E-state index in [0.29, 0.717) is 17.8 Å². The number of likely N-dealkylation sites (tertiary alicyclic amines) is 1. The van der Waals surface area contributed by atoms with Crippen molar-refractivity contribution < 1.29 is 9.90 Å². The van der Waals surface area contributed by atoms with Crippen LogP contribution in [0.3, 0.4) is 0 Å². The Bertz CT molecular complexity index is 1430. The third-order valence-electron chi connectivity index (χ3n) is 7.08. The molecule has 1 aliphatic rings. The first-order valence-corrected chi connectivity index (χ1v) is 12.3. The van der Waals surface area contributed by atoms with Crippen molar-refractivity contribution in [3.8, 4) is 5.88 Å². The number of nitrogens with two attached hydrogens (primary N) is 1. The molecule has 7 nitrogen and oxygen atoms in total. The fourth-order valence-electron chi connectivity index (χ4n) is 5.07. The molecule has 0 atom stereocenters. The highest BCUT2D eigenvalue weighted by Gasteiger charge is 2.22. The number of aromatic hydroxyl groups is 1. The summed E-state index contributed by atoms with van der Waals surface area (Å²) < 4.78 is 1.44. The van der Waals surface area contributed by atoms with Gasteiger partial charge in [-0.05, 0) is 49.8 Å². The van der Waals surface area contributed by atoms with Crippen LogP contribution in [0.4, 0.5) is 0 Å². The summed E-state index contributed by atoms with van der Waals surface area (Å²) in [5, 5.41) is 10.8. The zero-order valence-corrected chi connectivity index (χ0v) is 20.7. The lowest BCUT2D eigenvalue weighted by molar-refractivity contribution is 0.0997. The molecule has 36 heavy (non-hydrogen) atoms. The molecule has 1 amide bonds. The van der Waals surface area contributed by atoms with Gasteiger partial charge in [-0.25, -0.2) is 9.97 Å². The molecule has 184 valence electrons. The van der Waals surface area contributed by atoms with E-state index in [-0.39, 0.29) is 11.6 Å². The molecule has 1 aliphatic heterocycles. The van der Waals surface area contributed by atoms with Crippen molar-refractivity contribution in [2.75, 3.05) is 19.6 Å². The van der Waals surface area contributed by atoms with E-state index < -0.39 is 5.91 Å². The van der Waals surface area contributed by atoms with Crippen molar-refractivity contribution in [1.29, 1.82) is 0 Å². The highest BCUT2D eigenvalue weighted by molar-refractivity contribution is 5.96. The molecule has 3 heterocycles. The molecular weight excluding hydrogens is 450 g/mol. The van der Waals surface area contributed by atoms with Gasteiger partial charge in [-0.2, -0.15) is 0 Å². The molecule has 1 saturated heterocycles. The first-order chi connectivity index (χ1) is 17.4. The Kier molecular flexibility index (Phi) is 6.57. The second-order valence-corrected chi connectivity index (χ2v) is 9.45. The molecule has 5 rings (SSSR count). The van der Waals surface area contributed by atoms with Crippen LogP contribution < -0.4 is 5.73 Å². The third-order valence-corrected chi connectivity index (χ3v) is 7.08. The summed E-state index contributed by atoms with van der Waals surface area (Å²) in [5.74, 6) is -0.588. The number of primary amides is 1. The van der Waals surface area contributed by atoms with Gasteiger partial charge < -0.3 is 15.7 Å². The van der Waals surface area contributed by atoms with Gasteiger partial charge in [0.1, 0.15) is 6.33 Å². The van der Waals surface area contributed by atoms with Crippen LogP contribution >= 0.6 is 0 Å². The van der Waals surface area contributed by atoms with Crippen LogP contribution in [0.5, 0.6) is 5.88 Å². The fourth-order valence-corrected chi connectivity index (χ4v) is 5.07. The van der Waals surface area contributed by atoms with E-state index in [9.17, 15) is 9.90 Å². The van der Waals surface area contributed by atoms with E-state index in [2.05, 4.69) is 76.4 Å². The van der Waals surface area contributed by atoms with Crippen molar-refractivity contribution in [3.63, 3.8) is 0 Å². The van der Waals surface area contributed by atoms with Crippen LogP contribution in [0.2, 0.25) is 0 Å². The Morgan fingerprint density at radius 1 is 1.00 bits per heavy atom. The van der Waals surface area contributed by atoms with E-state index in [4.69, 9.17) is 5.73 Å². The number of imidazole rings is 1. The maximum atomic E-state index is 11.6. The van der Waals surface area contributed by atoms with Crippen molar-refractivity contribution in [2.45, 2.75) is 33.1 Å². The molecule has 4 aromatic rings. The van der Waals surface area contributed by atoms with E-state index >= 15 is 0 Å². The third kappa shape index (κ3) is 4.62. The van der Waals surface area contributed by atoms with E-state index in [0.717, 1.165) is 38.0 Å². The average Bonchev–Trinajstić information content (AvgIpc) is 3.31. The first kappa shape index (κ1) is 23.8. The second-order valence-electron chi connectivity index (χ2n) is 9.45. The maximum Gasteiger partial charge on any atom is 0.271 e. The Labute approximate surface area is 210 Å². The number of rotatable bonds is 6. The summed E-state index contributed by atoms with van der Waals surface area (Å²) in [7, 11) is 0. The number of hydrogen-bond donors (Lipinski definition) is 2. The molecule has 0 unspecified atom stereocenters. The van der Waals surface area contributed by atoms with E-state index in [1.54, 1.807) is 0 Å². The molecule has 0 spiro atoms. The summed E-state index contributed by atoms with van der Waals surface area (Å²) in [5.41, 5.74) is 13.8. The minimum atomic E-state index is -0.658. The largest absolute Gasteiger partial charge is 0.494 e. The normalized spacial score (nSPS) is 14.3. The predicted octanol–water partition coefficient (Wildman–Crippen LogP) is 4.29. The lowest BCUT2D eigenvalue weighted by Gasteiger charge is -2.30. The minimum absolute atomic E-state index is 0.0677. The number of aryl methyl sites for hydroxylation is 2. The molecule has 2 aromatic heterocycles. The van der Waals surface area contributed by atoms with Crippen molar-refractivity contribution in [2.24, 2.45) is 5.73 Å². The van der Waals surface area contributed by atoms with Gasteiger partial charge in [0.05, 0.1) is 0 Å². The van der Waals surface area contributed by atoms with Gasteiger partial charge in [0.25, 0.3) is 5.91 Å². The van der Waals surface area contributed by atoms with Crippen molar-refractivity contribution in [3.05, 3.63) is 100 Å². The summed E-state index contributed by atoms with van der Waals surface area (Å²) >= 11 is 0. The van der Waals surface area contributed by atoms with E-state index in [1.165, 1.54) is 38.6 Å². The topological polar surface area (TPSA) is 96.8 Å². The van der Waals surface area contributed by atoms with Crippen LogP contribution in [-0.4, -0.2) is 49.9 Å². The number of benzene rings is 2. The van der Waals surface area contributed by atoms with Crippen LogP contribution in [-0.2, 0) is 6.42 Å². The van der Waals surface area contributed by atoms with E-state index in [1.807, 2.05) is 6.92 Å². The number of aromatic nitrogens is 3. The number of piperidine rings is 1. The standard InChI is InChI=1S/C29H31N5O2/c1-19-8-10-22(11-9-19)25(21-6-4-3-5-7-21)23-12-15-33(16-13-23)17-14-24-20(2)32-28-26(27(30)35)31-18-34(28)29(24)36/h3-11,18,36H,12-17H2,1-2H3,(H2,30,35). The summed E-state index contributed by atoms with van der Waals surface area (Å²) in [4.78, 5) is 22.6. The molecule has 2 aromatic carbocycles. The van der Waals surface area contributed by atoms with Gasteiger partial charge >= 0.3 is 0 Å². The Hall–Kier alpha value is -3.97. The zero-order valence-electron chi connectivity index (χ0n) is 20.7. The minimum Gasteiger partial charge on any atom is -0.494 e. The summed E-state index contributed by atoms with van der Waals surface area (Å²) in [6.07, 6.45) is 4.07. The van der Waals surface area contributed by atoms with Crippen LogP contribution in [0.25, 0.3) is 11.2 Å². The highest BCUT2D eigenvalue weighted by atomic mass is 16.3. The van der Waals surface area contributed by atoms with Crippen molar-refractivity contribution in [1.82, 2.24) is 19.3 Å². The zero-order chi connectivity index (χ0) is 25.2.